The van der Waals surface area contributed by atoms with Gasteiger partial charge in [-0.05, 0) is 35.6 Å². The summed E-state index contributed by atoms with van der Waals surface area (Å²) in [6.45, 7) is 1.94. The van der Waals surface area contributed by atoms with Crippen molar-refractivity contribution >= 4 is 45.8 Å². The molecule has 0 bridgehead atoms. The summed E-state index contributed by atoms with van der Waals surface area (Å²) in [6.07, 6.45) is 0. The fourth-order valence-corrected chi connectivity index (χ4v) is 3.08. The van der Waals surface area contributed by atoms with E-state index in [1.54, 1.807) is 18.4 Å². The summed E-state index contributed by atoms with van der Waals surface area (Å²) < 4.78 is 6.20. The van der Waals surface area contributed by atoms with Crippen LogP contribution in [0.25, 0.3) is 0 Å². The van der Waals surface area contributed by atoms with Crippen LogP contribution in [0.2, 0.25) is 0 Å². The van der Waals surface area contributed by atoms with E-state index in [0.717, 1.165) is 2.88 Å². The van der Waals surface area contributed by atoms with Crippen LogP contribution in [0.5, 0.6) is 0 Å². The molecule has 0 aromatic carbocycles. The molecule has 1 aliphatic rings. The lowest BCUT2D eigenvalue weighted by Crippen LogP contribution is -2.49. The van der Waals surface area contributed by atoms with Crippen molar-refractivity contribution < 1.29 is 19.4 Å². The third-order valence-corrected chi connectivity index (χ3v) is 4.87. The highest BCUT2D eigenvalue weighted by molar-refractivity contribution is 14.1. The van der Waals surface area contributed by atoms with Gasteiger partial charge in [-0.1, -0.05) is 0 Å². The van der Waals surface area contributed by atoms with Gasteiger partial charge in [0.05, 0.1) is 27.7 Å². The number of halogens is 1. The molecule has 1 aliphatic heterocycles. The summed E-state index contributed by atoms with van der Waals surface area (Å²) >= 11 is 3.61. The molecule has 1 aromatic heterocycles. The Labute approximate surface area is 122 Å². The van der Waals surface area contributed by atoms with E-state index in [9.17, 15) is 14.7 Å². The van der Waals surface area contributed by atoms with Gasteiger partial charge in [-0.2, -0.15) is 0 Å². The average Bonchev–Trinajstić information content (AvgIpc) is 2.87. The Hall–Kier alpha value is -0.670. The predicted octanol–water partition coefficient (Wildman–Crippen LogP) is 1.57. The molecule has 0 spiro atoms. The van der Waals surface area contributed by atoms with Gasteiger partial charge in [0.15, 0.2) is 0 Å². The molecular formula is C11H12INO4S. The fourth-order valence-electron chi connectivity index (χ4n) is 1.76. The smallest absolute Gasteiger partial charge is 0.313 e. The molecular weight excluding hydrogens is 369 g/mol. The predicted molar refractivity (Wildman–Crippen MR) is 74.9 cm³/mol. The molecule has 5 nitrogen and oxygen atoms in total. The van der Waals surface area contributed by atoms with E-state index in [2.05, 4.69) is 27.9 Å². The molecule has 1 fully saturated rings. The van der Waals surface area contributed by atoms with Crippen molar-refractivity contribution in [2.45, 2.75) is 13.0 Å². The Kier molecular flexibility index (Phi) is 3.93. The van der Waals surface area contributed by atoms with Crippen molar-refractivity contribution in [3.8, 4) is 0 Å². The van der Waals surface area contributed by atoms with Gasteiger partial charge in [0.2, 0.25) is 0 Å². The van der Waals surface area contributed by atoms with Crippen LogP contribution in [0.4, 0.5) is 0 Å². The maximum atomic E-state index is 12.0. The Morgan fingerprint density at radius 2 is 2.39 bits per heavy atom. The van der Waals surface area contributed by atoms with Gasteiger partial charge >= 0.3 is 5.97 Å². The Morgan fingerprint density at radius 3 is 2.94 bits per heavy atom. The van der Waals surface area contributed by atoms with Gasteiger partial charge in [0.25, 0.3) is 5.91 Å². The average molecular weight is 381 g/mol. The minimum Gasteiger partial charge on any atom is -0.481 e. The number of amides is 1. The Morgan fingerprint density at radius 1 is 1.67 bits per heavy atom. The van der Waals surface area contributed by atoms with Crippen LogP contribution >= 0.6 is 33.9 Å². The molecule has 2 atom stereocenters. The van der Waals surface area contributed by atoms with Gasteiger partial charge in [0, 0.05) is 5.38 Å². The maximum absolute atomic E-state index is 12.0. The Bertz CT molecular complexity index is 489. The molecule has 0 saturated carbocycles. The topological polar surface area (TPSA) is 75.6 Å². The van der Waals surface area contributed by atoms with E-state index < -0.39 is 17.4 Å². The van der Waals surface area contributed by atoms with Crippen LogP contribution in [0.15, 0.2) is 11.4 Å². The van der Waals surface area contributed by atoms with Crippen molar-refractivity contribution in [1.82, 2.24) is 5.32 Å². The summed E-state index contributed by atoms with van der Waals surface area (Å²) in [7, 11) is 0. The van der Waals surface area contributed by atoms with Crippen LogP contribution in [0.3, 0.4) is 0 Å². The second-order valence-electron chi connectivity index (χ2n) is 4.40. The van der Waals surface area contributed by atoms with Crippen LogP contribution in [0.1, 0.15) is 17.3 Å². The lowest BCUT2D eigenvalue weighted by Gasteiger charge is -2.25. The minimum absolute atomic E-state index is 0.119. The largest absolute Gasteiger partial charge is 0.481 e. The van der Waals surface area contributed by atoms with Crippen molar-refractivity contribution in [3.63, 3.8) is 0 Å². The van der Waals surface area contributed by atoms with Crippen molar-refractivity contribution in [2.24, 2.45) is 5.41 Å². The molecule has 2 N–H and O–H groups in total. The standard InChI is InChI=1S/C11H12INO4S/c1-11(10(15)16)5-17-3-7(11)13-9(14)6-2-8(12)18-4-6/h2,4,7H,3,5H2,1H3,(H,13,14)(H,15,16). The first-order chi connectivity index (χ1) is 8.43. The zero-order chi connectivity index (χ0) is 13.3. The third-order valence-electron chi connectivity index (χ3n) is 3.08. The van der Waals surface area contributed by atoms with E-state index in [0.29, 0.717) is 5.56 Å². The van der Waals surface area contributed by atoms with E-state index in [-0.39, 0.29) is 19.1 Å². The van der Waals surface area contributed by atoms with Crippen LogP contribution in [0, 0.1) is 8.30 Å². The molecule has 18 heavy (non-hydrogen) atoms. The van der Waals surface area contributed by atoms with E-state index in [1.807, 2.05) is 0 Å². The number of thiophene rings is 1. The summed E-state index contributed by atoms with van der Waals surface area (Å²) in [6, 6.07) is 1.27. The SMILES string of the molecule is CC1(C(=O)O)COCC1NC(=O)c1csc(I)c1. The fraction of sp³-hybridized carbons (Fsp3) is 0.455. The molecule has 0 radical (unpaired) electrons. The van der Waals surface area contributed by atoms with E-state index in [4.69, 9.17) is 4.74 Å². The summed E-state index contributed by atoms with van der Waals surface area (Å²) in [5.74, 6) is -1.21. The summed E-state index contributed by atoms with van der Waals surface area (Å²) in [5, 5.41) is 13.7. The number of rotatable bonds is 3. The molecule has 0 aliphatic carbocycles. The molecule has 1 aromatic rings. The number of hydrogen-bond acceptors (Lipinski definition) is 4. The second kappa shape index (κ2) is 5.14. The second-order valence-corrected chi connectivity index (χ2v) is 7.21. The van der Waals surface area contributed by atoms with E-state index >= 15 is 0 Å². The lowest BCUT2D eigenvalue weighted by atomic mass is 9.85. The monoisotopic (exact) mass is 381 g/mol. The number of carboxylic acid groups (broad SMARTS) is 1. The van der Waals surface area contributed by atoms with Crippen LogP contribution < -0.4 is 5.32 Å². The molecule has 98 valence electrons. The first-order valence-corrected chi connectivity index (χ1v) is 7.25. The maximum Gasteiger partial charge on any atom is 0.313 e. The van der Waals surface area contributed by atoms with Crippen molar-refractivity contribution in [2.75, 3.05) is 13.2 Å². The number of carbonyl (C=O) groups excluding carboxylic acids is 1. The van der Waals surface area contributed by atoms with E-state index in [1.165, 1.54) is 11.3 Å². The first-order valence-electron chi connectivity index (χ1n) is 5.29. The molecule has 7 heteroatoms. The van der Waals surface area contributed by atoms with Crippen LogP contribution in [-0.2, 0) is 9.53 Å². The Balaban J connectivity index is 2.10. The van der Waals surface area contributed by atoms with Gasteiger partial charge in [-0.3, -0.25) is 9.59 Å². The van der Waals surface area contributed by atoms with Crippen LogP contribution in [-0.4, -0.2) is 36.2 Å². The first kappa shape index (κ1) is 13.8. The zero-order valence-corrected chi connectivity index (χ0v) is 12.6. The summed E-state index contributed by atoms with van der Waals surface area (Å²) in [5.41, 5.74) is -0.497. The number of aliphatic carboxylic acids is 1. The molecule has 1 amide bonds. The quantitative estimate of drug-likeness (QED) is 0.780. The van der Waals surface area contributed by atoms with Crippen molar-refractivity contribution in [1.29, 1.82) is 0 Å². The van der Waals surface area contributed by atoms with Gasteiger partial charge < -0.3 is 15.2 Å². The highest BCUT2D eigenvalue weighted by Crippen LogP contribution is 2.29. The number of ether oxygens (including phenoxy) is 1. The highest BCUT2D eigenvalue weighted by Gasteiger charge is 2.47. The van der Waals surface area contributed by atoms with Gasteiger partial charge in [-0.25, -0.2) is 0 Å². The van der Waals surface area contributed by atoms with Gasteiger partial charge in [0.1, 0.15) is 5.41 Å². The molecule has 2 unspecified atom stereocenters. The number of nitrogens with one attached hydrogen (secondary N) is 1. The molecule has 2 heterocycles. The normalized spacial score (nSPS) is 27.1. The van der Waals surface area contributed by atoms with Gasteiger partial charge in [-0.15, -0.1) is 11.3 Å². The minimum atomic E-state index is -1.06. The number of hydrogen-bond donors (Lipinski definition) is 2. The number of carboxylic acids is 1. The highest BCUT2D eigenvalue weighted by atomic mass is 127. The number of carbonyl (C=O) groups is 2. The third kappa shape index (κ3) is 2.52. The molecule has 2 rings (SSSR count). The molecule has 1 saturated heterocycles. The lowest BCUT2D eigenvalue weighted by molar-refractivity contribution is -0.148. The summed E-state index contributed by atoms with van der Waals surface area (Å²) in [4.78, 5) is 23.2. The van der Waals surface area contributed by atoms with Crippen molar-refractivity contribution in [3.05, 3.63) is 19.9 Å². The zero-order valence-electron chi connectivity index (χ0n) is 9.60.